The van der Waals surface area contributed by atoms with Crippen molar-refractivity contribution in [3.63, 3.8) is 0 Å². The third-order valence-corrected chi connectivity index (χ3v) is 0. The van der Waals surface area contributed by atoms with Crippen molar-refractivity contribution in [2.45, 2.75) is 0 Å². The van der Waals surface area contributed by atoms with Gasteiger partial charge < -0.3 is 0 Å². The van der Waals surface area contributed by atoms with Gasteiger partial charge in [0, 0.05) is 0 Å². The van der Waals surface area contributed by atoms with Gasteiger partial charge in [0.05, 0.1) is 0 Å². The van der Waals surface area contributed by atoms with Gasteiger partial charge in [-0.05, 0) is 0 Å². The van der Waals surface area contributed by atoms with Crippen LogP contribution in [-0.4, -0.2) is 54.4 Å². The van der Waals surface area contributed by atoms with Crippen LogP contribution in [0, 0.1) is 0 Å². The Kier molecular flexibility index (Phi) is 11.3. The monoisotopic (exact) mass is 278 g/mol. The molecule has 0 radical (unpaired) electrons. The number of hydrogen-bond donors (Lipinski definition) is 4. The Labute approximate surface area is 95.6 Å². The first-order valence-electron chi connectivity index (χ1n) is 1.40. The van der Waals surface area contributed by atoms with E-state index in [0.717, 1.165) is 0 Å². The molecule has 0 aromatic carbocycles. The van der Waals surface area contributed by atoms with Crippen LogP contribution >= 0.6 is 0 Å². The summed E-state index contributed by atoms with van der Waals surface area (Å²) in [5.41, 5.74) is 0. The Morgan fingerprint density at radius 2 is 0.636 bits per heavy atom. The fraction of sp³-hybridized carbons (Fsp3) is 0. The molecule has 0 rings (SSSR count). The second-order valence-corrected chi connectivity index (χ2v) is 3.69. The molecule has 0 bridgehead atoms. The van der Waals surface area contributed by atoms with E-state index in [1.807, 2.05) is 0 Å². The van der Waals surface area contributed by atoms with Gasteiger partial charge in [0.2, 0.25) is 0 Å². The molecule has 0 heterocycles. The van der Waals surface area contributed by atoms with Gasteiger partial charge >= 0.3 is 96.8 Å². The summed E-state index contributed by atoms with van der Waals surface area (Å²) in [5, 5.41) is 0. The van der Waals surface area contributed by atoms with Crippen molar-refractivity contribution in [3.05, 3.63) is 0 Å². The first kappa shape index (κ1) is 18.2. The molecule has 0 aromatic heterocycles. The zero-order valence-corrected chi connectivity index (χ0v) is 6.79. The van der Waals surface area contributed by atoms with Crippen LogP contribution in [0.15, 0.2) is 0 Å². The van der Waals surface area contributed by atoms with Crippen molar-refractivity contribution in [2.24, 2.45) is 0 Å². The summed E-state index contributed by atoms with van der Waals surface area (Å²) in [4.78, 5) is 0. The quantitative estimate of drug-likeness (QED) is 0.332. The first-order valence-corrected chi connectivity index (χ1v) is 5.76. The molecule has 0 aliphatic carbocycles. The van der Waals surface area contributed by atoms with Crippen LogP contribution in [0.5, 0.6) is 0 Å². The Hall–Kier alpha value is 1.36. The van der Waals surface area contributed by atoms with Crippen LogP contribution in [0.3, 0.4) is 0 Å². The van der Waals surface area contributed by atoms with Gasteiger partial charge in [-0.3, -0.25) is 0 Å². The van der Waals surface area contributed by atoms with E-state index in [-0.39, 0.29) is 37.7 Å². The summed E-state index contributed by atoms with van der Waals surface area (Å²) in [6.45, 7) is 0. The molecule has 11 heavy (non-hydrogen) atoms. The molecule has 8 nitrogen and oxygen atoms in total. The predicted molar refractivity (Wildman–Crippen MR) is 20.2 cm³/mol. The van der Waals surface area contributed by atoms with Crippen molar-refractivity contribution in [1.29, 1.82) is 0 Å². The summed E-state index contributed by atoms with van der Waals surface area (Å²) in [5.74, 6) is 0. The summed E-state index contributed by atoms with van der Waals surface area (Å²) < 4.78 is 63.8. The van der Waals surface area contributed by atoms with Gasteiger partial charge in [-0.2, -0.15) is 0 Å². The molecular weight excluding hydrogens is 272 g/mol. The molecule has 68 valence electrons. The van der Waals surface area contributed by atoms with Crippen molar-refractivity contribution in [3.8, 4) is 0 Å². The van der Waals surface area contributed by atoms with Gasteiger partial charge in [-0.1, -0.05) is 0 Å². The Balaban J connectivity index is -0.000000107. The topological polar surface area (TPSA) is 149 Å². The van der Waals surface area contributed by atoms with Gasteiger partial charge in [-0.15, -0.1) is 0 Å². The van der Waals surface area contributed by atoms with Crippen LogP contribution in [0.4, 0.5) is 0 Å². The SMILES string of the molecule is [CaH2].[O]=[Cr](=[O])([OH])[OH].[O]=[Cr](=[O])([OH])[OH]. The van der Waals surface area contributed by atoms with Crippen LogP contribution in [0.1, 0.15) is 0 Å². The van der Waals surface area contributed by atoms with Crippen molar-refractivity contribution in [1.82, 2.24) is 0 Å². The van der Waals surface area contributed by atoms with E-state index in [9.17, 15) is 0 Å². The van der Waals surface area contributed by atoms with Crippen LogP contribution in [0.2, 0.25) is 0 Å². The molecule has 4 N–H and O–H groups in total. The van der Waals surface area contributed by atoms with E-state index >= 15 is 0 Å². The molecule has 0 aromatic rings. The maximum absolute atomic E-state index is 8.82. The van der Waals surface area contributed by atoms with Crippen molar-refractivity contribution < 1.29 is 59.1 Å². The van der Waals surface area contributed by atoms with Gasteiger partial charge in [0.1, 0.15) is 0 Å². The minimum atomic E-state index is -5.25. The van der Waals surface area contributed by atoms with Crippen LogP contribution < -0.4 is 0 Å². The van der Waals surface area contributed by atoms with E-state index in [1.54, 1.807) is 0 Å². The maximum atomic E-state index is 8.82. The normalized spacial score (nSPS) is 10.5. The van der Waals surface area contributed by atoms with E-state index in [2.05, 4.69) is 0 Å². The molecule has 0 saturated carbocycles. The zero-order chi connectivity index (χ0) is 9.00. The van der Waals surface area contributed by atoms with Crippen LogP contribution in [0.25, 0.3) is 0 Å². The zero-order valence-electron chi connectivity index (χ0n) is 4.24. The van der Waals surface area contributed by atoms with Gasteiger partial charge in [-0.25, -0.2) is 0 Å². The van der Waals surface area contributed by atoms with Crippen molar-refractivity contribution in [2.75, 3.05) is 0 Å². The summed E-state index contributed by atoms with van der Waals surface area (Å²) in [6, 6.07) is 0. The van der Waals surface area contributed by atoms with Gasteiger partial charge in [0.15, 0.2) is 0 Å². The molecule has 0 unspecified atom stereocenters. The van der Waals surface area contributed by atoms with E-state index in [4.69, 9.17) is 31.8 Å². The Morgan fingerprint density at radius 3 is 0.636 bits per heavy atom. The predicted octanol–water partition coefficient (Wildman–Crippen LogP) is -3.62. The summed E-state index contributed by atoms with van der Waals surface area (Å²) in [6.07, 6.45) is 0. The van der Waals surface area contributed by atoms with E-state index < -0.39 is 27.2 Å². The summed E-state index contributed by atoms with van der Waals surface area (Å²) >= 11 is -10.5. The second-order valence-electron chi connectivity index (χ2n) is 0.896. The van der Waals surface area contributed by atoms with Crippen LogP contribution in [-0.2, 0) is 42.4 Å². The molecule has 0 aliphatic rings. The van der Waals surface area contributed by atoms with E-state index in [1.165, 1.54) is 0 Å². The Morgan fingerprint density at radius 1 is 0.636 bits per heavy atom. The van der Waals surface area contributed by atoms with Crippen molar-refractivity contribution >= 4 is 37.7 Å². The average Bonchev–Trinajstić information content (AvgIpc) is 1.12. The minimum absolute atomic E-state index is 0. The molecular formula is H6CaCr2O8. The number of rotatable bonds is 0. The Bertz CT molecular complexity index is 208. The molecule has 0 aliphatic heterocycles. The fourth-order valence-corrected chi connectivity index (χ4v) is 0. The third kappa shape index (κ3) is 535. The number of hydrogen-bond acceptors (Lipinski definition) is 4. The first-order chi connectivity index (χ1) is 4.00. The summed E-state index contributed by atoms with van der Waals surface area (Å²) in [7, 11) is 0. The molecule has 0 saturated heterocycles. The van der Waals surface area contributed by atoms with E-state index in [0.29, 0.717) is 0 Å². The molecule has 0 atom stereocenters. The third-order valence-electron chi connectivity index (χ3n) is 0. The standard InChI is InChI=1S/Ca.2Cr.4H2O.4O.2H/h;;;4*1H2;;;;;;/q;2*+2;;;;;;;;;;/p-4. The molecule has 0 amide bonds. The molecule has 0 spiro atoms. The second kappa shape index (κ2) is 6.84. The molecule has 0 fully saturated rings. The fourth-order valence-electron chi connectivity index (χ4n) is 0. The van der Waals surface area contributed by atoms with Gasteiger partial charge in [0.25, 0.3) is 0 Å². The average molecular weight is 278 g/mol. The molecule has 11 heteroatoms.